The zero-order valence-electron chi connectivity index (χ0n) is 7.57. The van der Waals surface area contributed by atoms with Gasteiger partial charge in [-0.3, -0.25) is 0 Å². The second kappa shape index (κ2) is 7.09. The highest BCUT2D eigenvalue weighted by atomic mass is 35.5. The molecule has 15 heavy (non-hydrogen) atoms. The number of hydrogen-bond acceptors (Lipinski definition) is 3. The van der Waals surface area contributed by atoms with E-state index >= 15 is 0 Å². The monoisotopic (exact) mass is 250 g/mol. The van der Waals surface area contributed by atoms with Crippen LogP contribution >= 0.6 is 23.2 Å². The largest absolute Gasteiger partial charge is 0.480 e. The van der Waals surface area contributed by atoms with Crippen molar-refractivity contribution in [3.8, 4) is 5.75 Å². The number of rotatable bonds is 3. The molecule has 4 nitrogen and oxygen atoms in total. The molecule has 0 heterocycles. The molecule has 0 saturated carbocycles. The molecule has 0 aliphatic carbocycles. The van der Waals surface area contributed by atoms with Gasteiger partial charge in [0.25, 0.3) is 0 Å². The molecule has 82 valence electrons. The minimum atomic E-state index is -1.05. The standard InChI is InChI=1S/C8H6Cl2O3.CH2O/c9-5-1-2-7(6(10)3-5)13-4-8(11)12;1-2/h1-3H,4H2,(H,11,12);1H2. The Labute approximate surface area is 96.4 Å². The average Bonchev–Trinajstić information content (AvgIpc) is 2.19. The van der Waals surface area contributed by atoms with Crippen molar-refractivity contribution in [1.29, 1.82) is 0 Å². The number of carbonyl (C=O) groups is 2. The van der Waals surface area contributed by atoms with E-state index in [1.54, 1.807) is 6.07 Å². The number of halogens is 2. The van der Waals surface area contributed by atoms with Crippen LogP contribution in [0.25, 0.3) is 0 Å². The van der Waals surface area contributed by atoms with Crippen molar-refractivity contribution in [3.05, 3.63) is 28.2 Å². The van der Waals surface area contributed by atoms with Crippen LogP contribution in [0.5, 0.6) is 5.75 Å². The fraction of sp³-hybridized carbons (Fsp3) is 0.111. The Kier molecular flexibility index (Phi) is 6.49. The summed E-state index contributed by atoms with van der Waals surface area (Å²) in [5.74, 6) is -0.737. The summed E-state index contributed by atoms with van der Waals surface area (Å²) in [6.07, 6.45) is 0. The van der Waals surface area contributed by atoms with E-state index in [0.717, 1.165) is 0 Å². The third-order valence-corrected chi connectivity index (χ3v) is 1.78. The van der Waals surface area contributed by atoms with Crippen LogP contribution in [-0.4, -0.2) is 24.5 Å². The number of carbonyl (C=O) groups excluding carboxylic acids is 1. The van der Waals surface area contributed by atoms with E-state index in [0.29, 0.717) is 15.8 Å². The second-order valence-electron chi connectivity index (χ2n) is 2.26. The first-order valence-corrected chi connectivity index (χ1v) is 4.43. The molecule has 1 N–H and O–H groups in total. The van der Waals surface area contributed by atoms with E-state index in [9.17, 15) is 4.79 Å². The summed E-state index contributed by atoms with van der Waals surface area (Å²) < 4.78 is 4.86. The lowest BCUT2D eigenvalue weighted by Crippen LogP contribution is -2.09. The fourth-order valence-corrected chi connectivity index (χ4v) is 1.19. The van der Waals surface area contributed by atoms with Gasteiger partial charge in [-0.15, -0.1) is 0 Å². The van der Waals surface area contributed by atoms with Crippen LogP contribution in [0, 0.1) is 0 Å². The first-order chi connectivity index (χ1) is 7.09. The highest BCUT2D eigenvalue weighted by Crippen LogP contribution is 2.27. The summed E-state index contributed by atoms with van der Waals surface area (Å²) in [6, 6.07) is 4.58. The normalized spacial score (nSPS) is 8.67. The van der Waals surface area contributed by atoms with Gasteiger partial charge in [0.1, 0.15) is 12.5 Å². The van der Waals surface area contributed by atoms with Gasteiger partial charge in [0.2, 0.25) is 0 Å². The maximum atomic E-state index is 10.2. The Bertz CT molecular complexity index is 341. The predicted octanol–water partition coefficient (Wildman–Crippen LogP) is 2.27. The molecule has 0 bridgehead atoms. The topological polar surface area (TPSA) is 63.6 Å². The molecule has 0 atom stereocenters. The minimum Gasteiger partial charge on any atom is -0.480 e. The molecule has 0 saturated heterocycles. The SMILES string of the molecule is C=O.O=C(O)COc1ccc(Cl)cc1Cl. The molecule has 1 aromatic carbocycles. The molecule has 0 unspecified atom stereocenters. The van der Waals surface area contributed by atoms with E-state index in [4.69, 9.17) is 37.8 Å². The number of aliphatic carboxylic acids is 1. The summed E-state index contributed by atoms with van der Waals surface area (Å²) in [4.78, 5) is 18.2. The van der Waals surface area contributed by atoms with Crippen LogP contribution < -0.4 is 4.74 Å². The number of ether oxygens (including phenoxy) is 1. The minimum absolute atomic E-state index is 0.300. The van der Waals surface area contributed by atoms with E-state index in [2.05, 4.69) is 0 Å². The molecule has 0 amide bonds. The quantitative estimate of drug-likeness (QED) is 0.894. The molecule has 0 radical (unpaired) electrons. The van der Waals surface area contributed by atoms with E-state index < -0.39 is 12.6 Å². The average molecular weight is 251 g/mol. The van der Waals surface area contributed by atoms with Crippen molar-refractivity contribution in [2.24, 2.45) is 0 Å². The Morgan fingerprint density at radius 3 is 2.47 bits per heavy atom. The Balaban J connectivity index is 0.000000921. The molecule has 0 aliphatic rings. The van der Waals surface area contributed by atoms with Crippen LogP contribution in [0.15, 0.2) is 18.2 Å². The summed E-state index contributed by atoms with van der Waals surface area (Å²) in [7, 11) is 0. The maximum Gasteiger partial charge on any atom is 0.341 e. The number of benzene rings is 1. The van der Waals surface area contributed by atoms with Crippen molar-refractivity contribution in [2.45, 2.75) is 0 Å². The highest BCUT2D eigenvalue weighted by Gasteiger charge is 2.04. The van der Waals surface area contributed by atoms with Gasteiger partial charge in [0, 0.05) is 5.02 Å². The first kappa shape index (κ1) is 13.7. The van der Waals surface area contributed by atoms with Gasteiger partial charge in [0.05, 0.1) is 5.02 Å². The Hall–Kier alpha value is -1.26. The molecular weight excluding hydrogens is 243 g/mol. The van der Waals surface area contributed by atoms with Gasteiger partial charge in [-0.25, -0.2) is 4.79 Å². The summed E-state index contributed by atoms with van der Waals surface area (Å²) in [5, 5.41) is 9.11. The molecule has 0 aliphatic heterocycles. The smallest absolute Gasteiger partial charge is 0.341 e. The molecule has 0 fully saturated rings. The van der Waals surface area contributed by atoms with Crippen LogP contribution in [0.2, 0.25) is 10.0 Å². The lowest BCUT2D eigenvalue weighted by molar-refractivity contribution is -0.139. The molecule has 6 heteroatoms. The van der Waals surface area contributed by atoms with Gasteiger partial charge < -0.3 is 14.6 Å². The second-order valence-corrected chi connectivity index (χ2v) is 3.10. The van der Waals surface area contributed by atoms with Gasteiger partial charge in [-0.05, 0) is 18.2 Å². The van der Waals surface area contributed by atoms with Crippen LogP contribution in [-0.2, 0) is 9.59 Å². The first-order valence-electron chi connectivity index (χ1n) is 3.68. The summed E-state index contributed by atoms with van der Waals surface area (Å²) in [5.41, 5.74) is 0. The number of carboxylic acid groups (broad SMARTS) is 1. The van der Waals surface area contributed by atoms with Crippen LogP contribution in [0.4, 0.5) is 0 Å². The molecule has 0 spiro atoms. The predicted molar refractivity (Wildman–Crippen MR) is 56.7 cm³/mol. The number of hydrogen-bond donors (Lipinski definition) is 1. The lowest BCUT2D eigenvalue weighted by atomic mass is 10.3. The van der Waals surface area contributed by atoms with Gasteiger partial charge >= 0.3 is 5.97 Å². The van der Waals surface area contributed by atoms with E-state index in [1.807, 2.05) is 6.79 Å². The zero-order chi connectivity index (χ0) is 11.8. The van der Waals surface area contributed by atoms with E-state index in [-0.39, 0.29) is 0 Å². The Morgan fingerprint density at radius 2 is 2.00 bits per heavy atom. The van der Waals surface area contributed by atoms with Crippen molar-refractivity contribution < 1.29 is 19.4 Å². The number of carboxylic acids is 1. The van der Waals surface area contributed by atoms with Gasteiger partial charge in [0.15, 0.2) is 6.61 Å². The third-order valence-electron chi connectivity index (χ3n) is 1.25. The lowest BCUT2D eigenvalue weighted by Gasteiger charge is -2.04. The molecular formula is C9H8Cl2O4. The third kappa shape index (κ3) is 5.24. The Morgan fingerprint density at radius 1 is 1.40 bits per heavy atom. The summed E-state index contributed by atoms with van der Waals surface area (Å²) in [6.45, 7) is 1.58. The van der Waals surface area contributed by atoms with Crippen LogP contribution in [0.1, 0.15) is 0 Å². The van der Waals surface area contributed by atoms with Crippen molar-refractivity contribution in [3.63, 3.8) is 0 Å². The van der Waals surface area contributed by atoms with Crippen molar-refractivity contribution >= 4 is 36.0 Å². The van der Waals surface area contributed by atoms with E-state index in [1.165, 1.54) is 12.1 Å². The summed E-state index contributed by atoms with van der Waals surface area (Å²) >= 11 is 11.3. The fourth-order valence-electron chi connectivity index (χ4n) is 0.732. The molecule has 0 aromatic heterocycles. The van der Waals surface area contributed by atoms with Crippen LogP contribution in [0.3, 0.4) is 0 Å². The molecule has 1 rings (SSSR count). The maximum absolute atomic E-state index is 10.2. The van der Waals surface area contributed by atoms with Gasteiger partial charge in [-0.1, -0.05) is 23.2 Å². The molecule has 1 aromatic rings. The van der Waals surface area contributed by atoms with Gasteiger partial charge in [-0.2, -0.15) is 0 Å². The zero-order valence-corrected chi connectivity index (χ0v) is 9.09. The van der Waals surface area contributed by atoms with Crippen molar-refractivity contribution in [1.82, 2.24) is 0 Å². The highest BCUT2D eigenvalue weighted by molar-refractivity contribution is 6.35. The van der Waals surface area contributed by atoms with Crippen molar-refractivity contribution in [2.75, 3.05) is 6.61 Å².